The van der Waals surface area contributed by atoms with E-state index in [0.717, 1.165) is 11.0 Å². The number of benzene rings is 1. The van der Waals surface area contributed by atoms with Crippen LogP contribution < -0.4 is 11.0 Å². The molecule has 0 aliphatic rings. The smallest absolute Gasteiger partial charge is 0.195 e. The Kier molecular flexibility index (Phi) is 8.74. The summed E-state index contributed by atoms with van der Waals surface area (Å²) in [5, 5.41) is 1.10. The lowest BCUT2D eigenvalue weighted by Gasteiger charge is -2.10. The first kappa shape index (κ1) is 16.9. The summed E-state index contributed by atoms with van der Waals surface area (Å²) in [4.78, 5) is 6.00. The van der Waals surface area contributed by atoms with E-state index in [2.05, 4.69) is 14.2 Å². The lowest BCUT2D eigenvalue weighted by molar-refractivity contribution is 0.615. The maximum Gasteiger partial charge on any atom is 0.195 e. The highest BCUT2D eigenvalue weighted by molar-refractivity contribution is 7.27. The van der Waals surface area contributed by atoms with E-state index < -0.39 is 0 Å². The van der Waals surface area contributed by atoms with Crippen molar-refractivity contribution in [2.24, 2.45) is 10.7 Å². The van der Waals surface area contributed by atoms with Gasteiger partial charge in [0, 0.05) is 14.1 Å². The number of rotatable bonds is 1. The minimum atomic E-state index is 0. The van der Waals surface area contributed by atoms with E-state index in [1.54, 1.807) is 4.90 Å². The lowest BCUT2D eigenvalue weighted by atomic mass is 10.3. The largest absolute Gasteiger partial charge is 0.370 e. The molecule has 2 N–H and O–H groups in total. The molecule has 0 heterocycles. The van der Waals surface area contributed by atoms with E-state index in [9.17, 15) is 0 Å². The Morgan fingerprint density at radius 3 is 2.40 bits per heavy atom. The Balaban J connectivity index is 0. The average molecular weight is 268 g/mol. The predicted octanol–water partition coefficient (Wildman–Crippen LogP) is 1.54. The van der Waals surface area contributed by atoms with Gasteiger partial charge in [0.25, 0.3) is 0 Å². The molecule has 1 aromatic rings. The van der Waals surface area contributed by atoms with Crippen molar-refractivity contribution in [1.82, 2.24) is 4.90 Å². The van der Waals surface area contributed by atoms with Crippen LogP contribution in [0.4, 0.5) is 5.69 Å². The molecular weight excluding hydrogens is 252 g/mol. The molecule has 1 aromatic carbocycles. The third-order valence-electron chi connectivity index (χ3n) is 1.57. The number of guanidine groups is 1. The van der Waals surface area contributed by atoms with E-state index in [-0.39, 0.29) is 24.8 Å². The first-order valence-corrected chi connectivity index (χ1v) is 4.54. The van der Waals surface area contributed by atoms with Crippen LogP contribution >= 0.6 is 34.1 Å². The zero-order valence-electron chi connectivity index (χ0n) is 8.68. The van der Waals surface area contributed by atoms with Crippen molar-refractivity contribution in [2.45, 2.75) is 0 Å². The van der Waals surface area contributed by atoms with Gasteiger partial charge in [0.15, 0.2) is 5.96 Å². The Labute approximate surface area is 105 Å². The zero-order valence-corrected chi connectivity index (χ0v) is 11.5. The third kappa shape index (κ3) is 5.83. The van der Waals surface area contributed by atoms with Gasteiger partial charge in [-0.05, 0) is 17.4 Å². The van der Waals surface area contributed by atoms with Crippen LogP contribution in [0.2, 0.25) is 0 Å². The predicted molar refractivity (Wildman–Crippen MR) is 75.3 cm³/mol. The summed E-state index contributed by atoms with van der Waals surface area (Å²) in [6, 6.07) is 7.82. The Bertz CT molecular complexity index is 329. The van der Waals surface area contributed by atoms with Gasteiger partial charge >= 0.3 is 0 Å². The number of halogens is 2. The first-order chi connectivity index (χ1) is 6.09. The van der Waals surface area contributed by atoms with Gasteiger partial charge in [-0.3, -0.25) is 0 Å². The highest BCUT2D eigenvalue weighted by atomic mass is 35.5. The molecule has 0 saturated heterocycles. The maximum atomic E-state index is 5.67. The van der Waals surface area contributed by atoms with Crippen molar-refractivity contribution in [3.8, 4) is 0 Å². The Morgan fingerprint density at radius 2 is 1.93 bits per heavy atom. The fourth-order valence-electron chi connectivity index (χ4n) is 0.827. The van der Waals surface area contributed by atoms with Crippen molar-refractivity contribution < 1.29 is 0 Å². The number of nitrogens with two attached hydrogens (primary N) is 1. The monoisotopic (exact) mass is 267 g/mol. The summed E-state index contributed by atoms with van der Waals surface area (Å²) in [5.74, 6) is 0.510. The van der Waals surface area contributed by atoms with Gasteiger partial charge in [0.05, 0.1) is 5.69 Å². The number of hydrogen-bond acceptors (Lipinski definition) is 1. The van der Waals surface area contributed by atoms with Gasteiger partial charge in [0.2, 0.25) is 0 Å². The summed E-state index contributed by atoms with van der Waals surface area (Å²) in [6.45, 7) is 0. The highest BCUT2D eigenvalue weighted by Crippen LogP contribution is 2.09. The summed E-state index contributed by atoms with van der Waals surface area (Å²) in [6.07, 6.45) is 0. The molecule has 0 radical (unpaired) electrons. The van der Waals surface area contributed by atoms with Crippen LogP contribution in [0.25, 0.3) is 0 Å². The second-order valence-corrected chi connectivity index (χ2v) is 3.63. The molecule has 6 heteroatoms. The Morgan fingerprint density at radius 1 is 1.33 bits per heavy atom. The van der Waals surface area contributed by atoms with E-state index >= 15 is 0 Å². The summed E-state index contributed by atoms with van der Waals surface area (Å²) in [7, 11) is 6.35. The normalized spacial score (nSPS) is 9.93. The van der Waals surface area contributed by atoms with Crippen LogP contribution in [0.1, 0.15) is 0 Å². The van der Waals surface area contributed by atoms with Crippen molar-refractivity contribution in [3.05, 3.63) is 24.3 Å². The van der Waals surface area contributed by atoms with Gasteiger partial charge in [0.1, 0.15) is 0 Å². The molecule has 0 aliphatic carbocycles. The van der Waals surface area contributed by atoms with Crippen LogP contribution in [0, 0.1) is 0 Å². The van der Waals surface area contributed by atoms with Crippen LogP contribution in [0.3, 0.4) is 0 Å². The van der Waals surface area contributed by atoms with Gasteiger partial charge in [-0.1, -0.05) is 12.1 Å². The number of hydrogen-bond donors (Lipinski definition) is 1. The van der Waals surface area contributed by atoms with Crippen LogP contribution in [0.5, 0.6) is 0 Å². The third-order valence-corrected chi connectivity index (χ3v) is 1.93. The molecule has 1 atom stereocenters. The summed E-state index contributed by atoms with van der Waals surface area (Å²) < 4.78 is 0. The molecular formula is C9H16Cl2N3P. The first-order valence-electron chi connectivity index (χ1n) is 3.96. The molecule has 15 heavy (non-hydrogen) atoms. The second kappa shape index (κ2) is 7.75. The van der Waals surface area contributed by atoms with E-state index in [4.69, 9.17) is 5.73 Å². The number of nitrogens with zero attached hydrogens (tertiary/aromatic N) is 2. The summed E-state index contributed by atoms with van der Waals surface area (Å²) >= 11 is 0. The molecule has 86 valence electrons. The van der Waals surface area contributed by atoms with Crippen molar-refractivity contribution in [2.75, 3.05) is 14.1 Å². The topological polar surface area (TPSA) is 41.6 Å². The number of aliphatic imine (C=N–C) groups is 1. The van der Waals surface area contributed by atoms with E-state index in [1.165, 1.54) is 0 Å². The quantitative estimate of drug-likeness (QED) is 0.477. The highest BCUT2D eigenvalue weighted by Gasteiger charge is 1.95. The minimum absolute atomic E-state index is 0. The Hall–Kier alpha value is -0.500. The van der Waals surface area contributed by atoms with Crippen LogP contribution in [-0.2, 0) is 0 Å². The van der Waals surface area contributed by atoms with Crippen molar-refractivity contribution in [1.29, 1.82) is 0 Å². The van der Waals surface area contributed by atoms with Gasteiger partial charge in [-0.2, -0.15) is 0 Å². The molecule has 1 unspecified atom stereocenters. The molecule has 0 saturated carbocycles. The van der Waals surface area contributed by atoms with Gasteiger partial charge in [-0.25, -0.2) is 4.99 Å². The fourth-order valence-corrected chi connectivity index (χ4v) is 1.11. The molecule has 0 amide bonds. The van der Waals surface area contributed by atoms with E-state index in [0.29, 0.717) is 5.96 Å². The molecule has 1 rings (SSSR count). The lowest BCUT2D eigenvalue weighted by Crippen LogP contribution is -2.29. The van der Waals surface area contributed by atoms with Crippen LogP contribution in [-0.4, -0.2) is 25.0 Å². The van der Waals surface area contributed by atoms with E-state index in [1.807, 2.05) is 38.4 Å². The standard InChI is InChI=1S/C9H14N3P.2ClH/c1-12(2)9(10)11-7-4-3-5-8(13)6-7;;/h3-6H,13H2,1-2H3,(H2,10,11);2*1H. The van der Waals surface area contributed by atoms with Crippen molar-refractivity contribution in [3.63, 3.8) is 0 Å². The summed E-state index contributed by atoms with van der Waals surface area (Å²) in [5.41, 5.74) is 6.54. The zero-order chi connectivity index (χ0) is 9.84. The molecule has 0 aliphatic heterocycles. The molecule has 0 bridgehead atoms. The molecule has 3 nitrogen and oxygen atoms in total. The average Bonchev–Trinajstić information content (AvgIpc) is 2.04. The van der Waals surface area contributed by atoms with Gasteiger partial charge in [-0.15, -0.1) is 34.1 Å². The maximum absolute atomic E-state index is 5.67. The molecule has 0 spiro atoms. The second-order valence-electron chi connectivity index (χ2n) is 2.96. The van der Waals surface area contributed by atoms with Crippen molar-refractivity contribution >= 4 is 51.0 Å². The van der Waals surface area contributed by atoms with Gasteiger partial charge < -0.3 is 10.6 Å². The fraction of sp³-hybridized carbons (Fsp3) is 0.222. The molecule has 0 aromatic heterocycles. The van der Waals surface area contributed by atoms with Crippen LogP contribution in [0.15, 0.2) is 29.3 Å². The minimum Gasteiger partial charge on any atom is -0.370 e. The SMILES string of the molecule is CN(C)C(N)=Nc1cccc(P)c1.Cl.Cl. The molecule has 0 fully saturated rings.